The quantitative estimate of drug-likeness (QED) is 0.772. The Morgan fingerprint density at radius 2 is 2.12 bits per heavy atom. The molecule has 1 aliphatic heterocycles. The van der Waals surface area contributed by atoms with Gasteiger partial charge < -0.3 is 4.74 Å². The third kappa shape index (κ3) is 2.76. The van der Waals surface area contributed by atoms with Crippen LogP contribution in [0.15, 0.2) is 30.3 Å². The van der Waals surface area contributed by atoms with Gasteiger partial charge in [-0.3, -0.25) is 4.90 Å². The van der Waals surface area contributed by atoms with Crippen LogP contribution in [0.1, 0.15) is 26.7 Å². The molecule has 1 fully saturated rings. The summed E-state index contributed by atoms with van der Waals surface area (Å²) >= 11 is 0. The van der Waals surface area contributed by atoms with Crippen molar-refractivity contribution in [1.29, 1.82) is 0 Å². The molecule has 0 amide bonds. The molecule has 1 heterocycles. The van der Waals surface area contributed by atoms with Gasteiger partial charge in [0.05, 0.1) is 0 Å². The normalized spacial score (nSPS) is 23.2. The van der Waals surface area contributed by atoms with Gasteiger partial charge in [-0.2, -0.15) is 0 Å². The number of nitrogens with zero attached hydrogens (tertiary/aromatic N) is 1. The Morgan fingerprint density at radius 3 is 2.75 bits per heavy atom. The van der Waals surface area contributed by atoms with Gasteiger partial charge in [0.15, 0.2) is 0 Å². The minimum absolute atomic E-state index is 0.512. The zero-order valence-corrected chi connectivity index (χ0v) is 10.2. The van der Waals surface area contributed by atoms with Gasteiger partial charge in [0.25, 0.3) is 0 Å². The van der Waals surface area contributed by atoms with Crippen LogP contribution in [-0.2, 0) is 0 Å². The van der Waals surface area contributed by atoms with Crippen LogP contribution in [-0.4, -0.2) is 30.1 Å². The number of para-hydroxylation sites is 1. The maximum Gasteiger partial charge on any atom is 0.119 e. The fourth-order valence-electron chi connectivity index (χ4n) is 2.44. The molecular weight excluding hydrogens is 198 g/mol. The van der Waals surface area contributed by atoms with Crippen molar-refractivity contribution in [2.24, 2.45) is 0 Å². The van der Waals surface area contributed by atoms with Crippen LogP contribution in [0.3, 0.4) is 0 Å². The molecular formula is C14H21NO. The monoisotopic (exact) mass is 219 g/mol. The van der Waals surface area contributed by atoms with E-state index in [2.05, 4.69) is 18.7 Å². The van der Waals surface area contributed by atoms with Crippen LogP contribution in [0.5, 0.6) is 5.75 Å². The van der Waals surface area contributed by atoms with Crippen LogP contribution in [0, 0.1) is 0 Å². The molecule has 16 heavy (non-hydrogen) atoms. The van der Waals surface area contributed by atoms with Crippen LogP contribution in [0.4, 0.5) is 0 Å². The molecule has 1 aromatic rings. The van der Waals surface area contributed by atoms with E-state index in [1.807, 2.05) is 30.3 Å². The van der Waals surface area contributed by atoms with Gasteiger partial charge in [0.1, 0.15) is 12.4 Å². The van der Waals surface area contributed by atoms with Crippen molar-refractivity contribution in [3.63, 3.8) is 0 Å². The molecule has 0 spiro atoms. The second-order valence-electron chi connectivity index (χ2n) is 4.70. The lowest BCUT2D eigenvalue weighted by Gasteiger charge is -2.28. The maximum absolute atomic E-state index is 5.79. The van der Waals surface area contributed by atoms with Crippen molar-refractivity contribution in [3.05, 3.63) is 30.3 Å². The number of likely N-dealkylation sites (tertiary alicyclic amines) is 1. The van der Waals surface area contributed by atoms with Crippen molar-refractivity contribution in [2.75, 3.05) is 13.2 Å². The van der Waals surface area contributed by atoms with Crippen molar-refractivity contribution in [3.8, 4) is 5.75 Å². The van der Waals surface area contributed by atoms with E-state index in [1.54, 1.807) is 0 Å². The van der Waals surface area contributed by atoms with Crippen LogP contribution in [0.25, 0.3) is 0 Å². The van der Waals surface area contributed by atoms with Crippen LogP contribution < -0.4 is 4.74 Å². The second kappa shape index (κ2) is 5.35. The first-order valence-electron chi connectivity index (χ1n) is 6.21. The van der Waals surface area contributed by atoms with Gasteiger partial charge in [-0.15, -0.1) is 0 Å². The summed E-state index contributed by atoms with van der Waals surface area (Å²) in [5, 5.41) is 0. The van der Waals surface area contributed by atoms with Gasteiger partial charge in [-0.1, -0.05) is 18.2 Å². The van der Waals surface area contributed by atoms with Gasteiger partial charge in [-0.25, -0.2) is 0 Å². The summed E-state index contributed by atoms with van der Waals surface area (Å²) in [6.45, 7) is 6.58. The van der Waals surface area contributed by atoms with Crippen molar-refractivity contribution >= 4 is 0 Å². The van der Waals surface area contributed by atoms with E-state index in [9.17, 15) is 0 Å². The highest BCUT2D eigenvalue weighted by molar-refractivity contribution is 5.20. The highest BCUT2D eigenvalue weighted by atomic mass is 16.5. The highest BCUT2D eigenvalue weighted by Gasteiger charge is 2.24. The summed E-state index contributed by atoms with van der Waals surface area (Å²) in [7, 11) is 0. The Bertz CT molecular complexity index is 312. The summed E-state index contributed by atoms with van der Waals surface area (Å²) in [6, 6.07) is 11.3. The molecule has 88 valence electrons. The first-order valence-corrected chi connectivity index (χ1v) is 6.21. The predicted molar refractivity (Wildman–Crippen MR) is 66.8 cm³/mol. The molecule has 2 heteroatoms. The lowest BCUT2D eigenvalue weighted by atomic mass is 10.2. The molecule has 2 nitrogen and oxygen atoms in total. The van der Waals surface area contributed by atoms with Gasteiger partial charge >= 0.3 is 0 Å². The standard InChI is InChI=1S/C14H21NO/c1-12-7-6-10-15(12)13(2)11-16-14-8-4-3-5-9-14/h3-5,8-9,12-13H,6-7,10-11H2,1-2H3/t12-,13+/m1/s1. The SMILES string of the molecule is C[C@@H]1CCCN1[C@@H](C)COc1ccccc1. The average molecular weight is 219 g/mol. The van der Waals surface area contributed by atoms with Gasteiger partial charge in [0.2, 0.25) is 0 Å². The second-order valence-corrected chi connectivity index (χ2v) is 4.70. The minimum atomic E-state index is 0.512. The molecule has 2 atom stereocenters. The summed E-state index contributed by atoms with van der Waals surface area (Å²) in [5.41, 5.74) is 0. The predicted octanol–water partition coefficient (Wildman–Crippen LogP) is 2.94. The minimum Gasteiger partial charge on any atom is -0.492 e. The molecule has 1 aliphatic rings. The maximum atomic E-state index is 5.79. The van der Waals surface area contributed by atoms with E-state index in [1.165, 1.54) is 19.4 Å². The number of hydrogen-bond acceptors (Lipinski definition) is 2. The number of rotatable bonds is 4. The van der Waals surface area contributed by atoms with Gasteiger partial charge in [-0.05, 0) is 45.4 Å². The van der Waals surface area contributed by atoms with Gasteiger partial charge in [0, 0.05) is 12.1 Å². The van der Waals surface area contributed by atoms with Crippen molar-refractivity contribution in [2.45, 2.75) is 38.8 Å². The van der Waals surface area contributed by atoms with E-state index >= 15 is 0 Å². The highest BCUT2D eigenvalue weighted by Crippen LogP contribution is 2.20. The lowest BCUT2D eigenvalue weighted by Crippen LogP contribution is -2.39. The first kappa shape index (κ1) is 11.5. The third-order valence-corrected chi connectivity index (χ3v) is 3.40. The molecule has 0 N–H and O–H groups in total. The largest absolute Gasteiger partial charge is 0.492 e. The third-order valence-electron chi connectivity index (χ3n) is 3.40. The Kier molecular flexibility index (Phi) is 3.83. The molecule has 1 saturated heterocycles. The molecule has 0 bridgehead atoms. The zero-order chi connectivity index (χ0) is 11.4. The summed E-state index contributed by atoms with van der Waals surface area (Å²) < 4.78 is 5.79. The molecule has 0 unspecified atom stereocenters. The fourth-order valence-corrected chi connectivity index (χ4v) is 2.44. The summed E-state index contributed by atoms with van der Waals surface area (Å²) in [6.07, 6.45) is 2.66. The van der Waals surface area contributed by atoms with Crippen LogP contribution >= 0.6 is 0 Å². The average Bonchev–Trinajstić information content (AvgIpc) is 2.74. The zero-order valence-electron chi connectivity index (χ0n) is 10.2. The Hall–Kier alpha value is -1.02. The van der Waals surface area contributed by atoms with E-state index in [4.69, 9.17) is 4.74 Å². The molecule has 2 rings (SSSR count). The molecule has 0 aromatic heterocycles. The van der Waals surface area contributed by atoms with Crippen molar-refractivity contribution in [1.82, 2.24) is 4.90 Å². The molecule has 0 radical (unpaired) electrons. The first-order chi connectivity index (χ1) is 7.77. The number of hydrogen-bond donors (Lipinski definition) is 0. The summed E-state index contributed by atoms with van der Waals surface area (Å²) in [4.78, 5) is 2.54. The fraction of sp³-hybridized carbons (Fsp3) is 0.571. The van der Waals surface area contributed by atoms with E-state index in [-0.39, 0.29) is 0 Å². The smallest absolute Gasteiger partial charge is 0.119 e. The van der Waals surface area contributed by atoms with E-state index < -0.39 is 0 Å². The number of benzene rings is 1. The lowest BCUT2D eigenvalue weighted by molar-refractivity contribution is 0.141. The summed E-state index contributed by atoms with van der Waals surface area (Å²) in [5.74, 6) is 0.973. The Balaban J connectivity index is 1.81. The molecule has 1 aromatic carbocycles. The molecule has 0 saturated carbocycles. The topological polar surface area (TPSA) is 12.5 Å². The Morgan fingerprint density at radius 1 is 1.38 bits per heavy atom. The molecule has 0 aliphatic carbocycles. The van der Waals surface area contributed by atoms with Crippen molar-refractivity contribution < 1.29 is 4.74 Å². The van der Waals surface area contributed by atoms with E-state index in [0.29, 0.717) is 6.04 Å². The number of ether oxygens (including phenoxy) is 1. The van der Waals surface area contributed by atoms with E-state index in [0.717, 1.165) is 18.4 Å². The Labute approximate surface area is 98.2 Å². The van der Waals surface area contributed by atoms with Crippen LogP contribution in [0.2, 0.25) is 0 Å².